The zero-order valence-corrected chi connectivity index (χ0v) is 11.2. The smallest absolute Gasteiger partial charge is 0.0619 e. The summed E-state index contributed by atoms with van der Waals surface area (Å²) in [6, 6.07) is 0. The molecule has 0 bridgehead atoms. The Morgan fingerprint density at radius 1 is 1.00 bits per heavy atom. The van der Waals surface area contributed by atoms with Crippen molar-refractivity contribution in [3.05, 3.63) is 12.7 Å². The van der Waals surface area contributed by atoms with Gasteiger partial charge in [-0.15, -0.1) is 6.58 Å². The first kappa shape index (κ1) is 14.7. The molecule has 0 aliphatic carbocycles. The van der Waals surface area contributed by atoms with Gasteiger partial charge in [-0.3, -0.25) is 0 Å². The number of allylic oxidation sites excluding steroid dienone is 1. The average Bonchev–Trinajstić information content (AvgIpc) is 2.38. The maximum Gasteiger partial charge on any atom is 0.0619 e. The van der Waals surface area contributed by atoms with Crippen LogP contribution in [-0.4, -0.2) is 25.9 Å². The van der Waals surface area contributed by atoms with Crippen molar-refractivity contribution in [2.75, 3.05) is 19.8 Å². The first-order valence-corrected chi connectivity index (χ1v) is 7.23. The second-order valence-corrected chi connectivity index (χ2v) is 4.88. The van der Waals surface area contributed by atoms with Gasteiger partial charge in [-0.05, 0) is 32.1 Å². The largest absolute Gasteiger partial charge is 0.381 e. The molecule has 0 atom stereocenters. The Balaban J connectivity index is 1.76. The molecule has 1 heterocycles. The molecule has 0 aromatic heterocycles. The molecule has 0 radical (unpaired) electrons. The lowest BCUT2D eigenvalue weighted by molar-refractivity contribution is -0.0327. The van der Waals surface area contributed by atoms with Gasteiger partial charge in [-0.1, -0.05) is 31.8 Å². The molecule has 0 aromatic rings. The number of unbranched alkanes of at least 4 members (excludes halogenated alkanes) is 6. The molecular formula is C15H28O2. The first-order valence-electron chi connectivity index (χ1n) is 7.23. The normalized spacial score (nSPS) is 17.2. The zero-order chi connectivity index (χ0) is 12.2. The third-order valence-electron chi connectivity index (χ3n) is 3.32. The van der Waals surface area contributed by atoms with Crippen LogP contribution in [0.15, 0.2) is 12.7 Å². The molecule has 2 nitrogen and oxygen atoms in total. The van der Waals surface area contributed by atoms with Crippen LogP contribution in [-0.2, 0) is 9.47 Å². The number of ether oxygens (including phenoxy) is 2. The minimum atomic E-state index is 0.469. The van der Waals surface area contributed by atoms with Crippen LogP contribution in [0.3, 0.4) is 0 Å². The molecule has 0 aromatic carbocycles. The predicted molar refractivity (Wildman–Crippen MR) is 72.3 cm³/mol. The fraction of sp³-hybridized carbons (Fsp3) is 0.867. The Kier molecular flexibility index (Phi) is 9.34. The fourth-order valence-corrected chi connectivity index (χ4v) is 2.19. The Bertz CT molecular complexity index is 174. The van der Waals surface area contributed by atoms with Gasteiger partial charge in [0, 0.05) is 19.8 Å². The van der Waals surface area contributed by atoms with Crippen molar-refractivity contribution in [1.29, 1.82) is 0 Å². The van der Waals surface area contributed by atoms with Crippen LogP contribution < -0.4 is 0 Å². The molecule has 0 unspecified atom stereocenters. The molecule has 2 heteroatoms. The molecule has 1 aliphatic heterocycles. The van der Waals surface area contributed by atoms with Crippen molar-refractivity contribution in [2.45, 2.75) is 63.9 Å². The molecule has 1 saturated heterocycles. The first-order chi connectivity index (χ1) is 8.43. The molecule has 1 aliphatic rings. The van der Waals surface area contributed by atoms with Crippen molar-refractivity contribution in [3.8, 4) is 0 Å². The second kappa shape index (κ2) is 10.8. The van der Waals surface area contributed by atoms with E-state index in [1.807, 2.05) is 6.08 Å². The van der Waals surface area contributed by atoms with Gasteiger partial charge in [0.15, 0.2) is 0 Å². The average molecular weight is 240 g/mol. The lowest BCUT2D eigenvalue weighted by Gasteiger charge is -2.22. The highest BCUT2D eigenvalue weighted by Crippen LogP contribution is 2.12. The SMILES string of the molecule is C=CCCCCCCCCOC1CCOCC1. The standard InChI is InChI=1S/C15H28O2/c1-2-3-4-5-6-7-8-9-12-17-15-10-13-16-14-11-15/h2,15H,1,3-14H2. The summed E-state index contributed by atoms with van der Waals surface area (Å²) in [7, 11) is 0. The Labute approximate surface area is 106 Å². The summed E-state index contributed by atoms with van der Waals surface area (Å²) in [5.74, 6) is 0. The summed E-state index contributed by atoms with van der Waals surface area (Å²) in [4.78, 5) is 0. The minimum Gasteiger partial charge on any atom is -0.381 e. The Morgan fingerprint density at radius 3 is 2.35 bits per heavy atom. The summed E-state index contributed by atoms with van der Waals surface area (Å²) in [5, 5.41) is 0. The fourth-order valence-electron chi connectivity index (χ4n) is 2.19. The molecule has 0 spiro atoms. The summed E-state index contributed by atoms with van der Waals surface area (Å²) in [6.07, 6.45) is 13.7. The van der Waals surface area contributed by atoms with Gasteiger partial charge in [0.2, 0.25) is 0 Å². The van der Waals surface area contributed by atoms with E-state index in [0.29, 0.717) is 6.10 Å². The topological polar surface area (TPSA) is 18.5 Å². The lowest BCUT2D eigenvalue weighted by Crippen LogP contribution is -2.23. The van der Waals surface area contributed by atoms with Crippen molar-refractivity contribution in [2.24, 2.45) is 0 Å². The maximum atomic E-state index is 5.83. The minimum absolute atomic E-state index is 0.469. The Hall–Kier alpha value is -0.340. The van der Waals surface area contributed by atoms with Crippen LogP contribution in [0, 0.1) is 0 Å². The van der Waals surface area contributed by atoms with Gasteiger partial charge >= 0.3 is 0 Å². The molecule has 100 valence electrons. The van der Waals surface area contributed by atoms with Gasteiger partial charge in [0.1, 0.15) is 0 Å². The number of hydrogen-bond donors (Lipinski definition) is 0. The summed E-state index contributed by atoms with van der Waals surface area (Å²) in [5.41, 5.74) is 0. The van der Waals surface area contributed by atoms with Crippen molar-refractivity contribution in [3.63, 3.8) is 0 Å². The Morgan fingerprint density at radius 2 is 1.65 bits per heavy atom. The van der Waals surface area contributed by atoms with E-state index < -0.39 is 0 Å². The van der Waals surface area contributed by atoms with E-state index >= 15 is 0 Å². The third kappa shape index (κ3) is 8.39. The van der Waals surface area contributed by atoms with Gasteiger partial charge in [0.25, 0.3) is 0 Å². The van der Waals surface area contributed by atoms with Crippen LogP contribution in [0.1, 0.15) is 57.8 Å². The molecular weight excluding hydrogens is 212 g/mol. The summed E-state index contributed by atoms with van der Waals surface area (Å²) >= 11 is 0. The van der Waals surface area contributed by atoms with E-state index in [9.17, 15) is 0 Å². The van der Waals surface area contributed by atoms with Crippen LogP contribution in [0.25, 0.3) is 0 Å². The quantitative estimate of drug-likeness (QED) is 0.423. The predicted octanol–water partition coefficient (Wildman–Crippen LogP) is 4.10. The van der Waals surface area contributed by atoms with E-state index in [1.54, 1.807) is 0 Å². The van der Waals surface area contributed by atoms with E-state index in [0.717, 1.165) is 32.7 Å². The zero-order valence-electron chi connectivity index (χ0n) is 11.2. The third-order valence-corrected chi connectivity index (χ3v) is 3.32. The van der Waals surface area contributed by atoms with Crippen molar-refractivity contribution in [1.82, 2.24) is 0 Å². The van der Waals surface area contributed by atoms with Crippen LogP contribution in [0.2, 0.25) is 0 Å². The highest BCUT2D eigenvalue weighted by Gasteiger charge is 2.13. The molecule has 0 amide bonds. The summed E-state index contributed by atoms with van der Waals surface area (Å²) in [6.45, 7) is 6.45. The van der Waals surface area contributed by atoms with Gasteiger partial charge in [-0.25, -0.2) is 0 Å². The van der Waals surface area contributed by atoms with E-state index in [1.165, 1.54) is 44.9 Å². The van der Waals surface area contributed by atoms with Crippen molar-refractivity contribution < 1.29 is 9.47 Å². The molecule has 1 rings (SSSR count). The van der Waals surface area contributed by atoms with Gasteiger partial charge in [0.05, 0.1) is 6.10 Å². The molecule has 1 fully saturated rings. The van der Waals surface area contributed by atoms with Crippen LogP contribution in [0.5, 0.6) is 0 Å². The second-order valence-electron chi connectivity index (χ2n) is 4.88. The van der Waals surface area contributed by atoms with E-state index in [4.69, 9.17) is 9.47 Å². The highest BCUT2D eigenvalue weighted by atomic mass is 16.5. The number of hydrogen-bond acceptors (Lipinski definition) is 2. The monoisotopic (exact) mass is 240 g/mol. The van der Waals surface area contributed by atoms with Crippen LogP contribution in [0.4, 0.5) is 0 Å². The van der Waals surface area contributed by atoms with E-state index in [2.05, 4.69) is 6.58 Å². The van der Waals surface area contributed by atoms with Gasteiger partial charge < -0.3 is 9.47 Å². The summed E-state index contributed by atoms with van der Waals surface area (Å²) < 4.78 is 11.1. The highest BCUT2D eigenvalue weighted by molar-refractivity contribution is 4.65. The molecule has 0 N–H and O–H groups in total. The molecule has 17 heavy (non-hydrogen) atoms. The lowest BCUT2D eigenvalue weighted by atomic mass is 10.1. The number of rotatable bonds is 10. The van der Waals surface area contributed by atoms with Crippen LogP contribution >= 0.6 is 0 Å². The molecule has 0 saturated carbocycles. The van der Waals surface area contributed by atoms with Gasteiger partial charge in [-0.2, -0.15) is 0 Å². The van der Waals surface area contributed by atoms with E-state index in [-0.39, 0.29) is 0 Å². The van der Waals surface area contributed by atoms with Crippen molar-refractivity contribution >= 4 is 0 Å². The maximum absolute atomic E-state index is 5.83.